The molecule has 1 heterocycles. The summed E-state index contributed by atoms with van der Waals surface area (Å²) >= 11 is 0. The first-order valence-corrected chi connectivity index (χ1v) is 5.99. The minimum absolute atomic E-state index is 0.172. The zero-order valence-electron chi connectivity index (χ0n) is 10.3. The molecule has 1 aromatic carbocycles. The number of rotatable bonds is 4. The molecule has 1 aromatic heterocycles. The van der Waals surface area contributed by atoms with Gasteiger partial charge >= 0.3 is 0 Å². The minimum Gasteiger partial charge on any atom is -0.386 e. The molecule has 0 aliphatic heterocycles. The van der Waals surface area contributed by atoms with Crippen LogP contribution in [0.4, 0.5) is 0 Å². The van der Waals surface area contributed by atoms with Gasteiger partial charge in [-0.15, -0.1) is 0 Å². The molecular weight excluding hydrogens is 228 g/mol. The maximum absolute atomic E-state index is 11.5. The zero-order chi connectivity index (χ0) is 13.0. The summed E-state index contributed by atoms with van der Waals surface area (Å²) in [6, 6.07) is 10.8. The molecule has 94 valence electrons. The second-order valence-electron chi connectivity index (χ2n) is 4.15. The maximum Gasteiger partial charge on any atom is 0.266 e. The van der Waals surface area contributed by atoms with E-state index in [4.69, 9.17) is 0 Å². The van der Waals surface area contributed by atoms with Gasteiger partial charge in [0.15, 0.2) is 0 Å². The number of aliphatic hydroxyl groups excluding tert-OH is 1. The lowest BCUT2D eigenvalue weighted by molar-refractivity contribution is 0.149. The molecule has 0 bridgehead atoms. The van der Waals surface area contributed by atoms with Crippen molar-refractivity contribution in [2.45, 2.75) is 26.0 Å². The van der Waals surface area contributed by atoms with Crippen molar-refractivity contribution in [2.24, 2.45) is 0 Å². The summed E-state index contributed by atoms with van der Waals surface area (Å²) in [6.07, 6.45) is 1.79. The molecule has 0 saturated heterocycles. The van der Waals surface area contributed by atoms with E-state index in [1.807, 2.05) is 24.3 Å². The van der Waals surface area contributed by atoms with E-state index in [1.165, 1.54) is 22.5 Å². The van der Waals surface area contributed by atoms with E-state index in [2.05, 4.69) is 12.0 Å². The highest BCUT2D eigenvalue weighted by molar-refractivity contribution is 5.24. The van der Waals surface area contributed by atoms with Crippen LogP contribution in [0.2, 0.25) is 0 Å². The lowest BCUT2D eigenvalue weighted by Gasteiger charge is -2.12. The van der Waals surface area contributed by atoms with E-state index in [-0.39, 0.29) is 12.1 Å². The van der Waals surface area contributed by atoms with E-state index in [1.54, 1.807) is 6.07 Å². The highest BCUT2D eigenvalue weighted by atomic mass is 16.3. The van der Waals surface area contributed by atoms with E-state index < -0.39 is 6.10 Å². The van der Waals surface area contributed by atoms with Crippen LogP contribution in [0.5, 0.6) is 0 Å². The molecule has 0 amide bonds. The molecule has 0 aliphatic carbocycles. The Bertz CT molecular complexity index is 561. The van der Waals surface area contributed by atoms with Crippen molar-refractivity contribution in [3.63, 3.8) is 0 Å². The molecule has 4 heteroatoms. The summed E-state index contributed by atoms with van der Waals surface area (Å²) in [5.41, 5.74) is 1.81. The standard InChI is InChI=1S/C14H16N2O2/c1-2-11-5-7-12(8-6-11)13(17)10-16-14(18)4-3-9-15-16/h3-9,13,17H,2,10H2,1H3. The zero-order valence-corrected chi connectivity index (χ0v) is 10.3. The number of hydrogen-bond acceptors (Lipinski definition) is 3. The Balaban J connectivity index is 2.14. The van der Waals surface area contributed by atoms with Gasteiger partial charge in [0.25, 0.3) is 5.56 Å². The molecule has 1 atom stereocenters. The molecule has 4 nitrogen and oxygen atoms in total. The number of benzene rings is 1. The number of hydrogen-bond donors (Lipinski definition) is 1. The Labute approximate surface area is 106 Å². The summed E-state index contributed by atoms with van der Waals surface area (Å²) in [4.78, 5) is 11.5. The van der Waals surface area contributed by atoms with Crippen LogP contribution in [-0.4, -0.2) is 14.9 Å². The van der Waals surface area contributed by atoms with Crippen LogP contribution < -0.4 is 5.56 Å². The third-order valence-electron chi connectivity index (χ3n) is 2.90. The quantitative estimate of drug-likeness (QED) is 0.887. The Morgan fingerprint density at radius 3 is 2.61 bits per heavy atom. The number of aryl methyl sites for hydroxylation is 1. The Hall–Kier alpha value is -1.94. The van der Waals surface area contributed by atoms with Crippen molar-refractivity contribution in [1.82, 2.24) is 9.78 Å². The average molecular weight is 244 g/mol. The van der Waals surface area contributed by atoms with Gasteiger partial charge in [-0.2, -0.15) is 5.10 Å². The van der Waals surface area contributed by atoms with Gasteiger partial charge in [0.2, 0.25) is 0 Å². The van der Waals surface area contributed by atoms with Crippen molar-refractivity contribution in [2.75, 3.05) is 0 Å². The fourth-order valence-corrected chi connectivity index (χ4v) is 1.77. The molecule has 0 aliphatic rings. The highest BCUT2D eigenvalue weighted by Crippen LogP contribution is 2.15. The Morgan fingerprint density at radius 1 is 1.28 bits per heavy atom. The van der Waals surface area contributed by atoms with Gasteiger partial charge in [-0.3, -0.25) is 4.79 Å². The van der Waals surface area contributed by atoms with Crippen molar-refractivity contribution < 1.29 is 5.11 Å². The van der Waals surface area contributed by atoms with Gasteiger partial charge in [-0.1, -0.05) is 31.2 Å². The second kappa shape index (κ2) is 5.60. The summed E-state index contributed by atoms with van der Waals surface area (Å²) in [5, 5.41) is 14.0. The topological polar surface area (TPSA) is 55.1 Å². The van der Waals surface area contributed by atoms with Crippen molar-refractivity contribution >= 4 is 0 Å². The predicted octanol–water partition coefficient (Wildman–Crippen LogP) is 1.54. The largest absolute Gasteiger partial charge is 0.386 e. The summed E-state index contributed by atoms with van der Waals surface area (Å²) < 4.78 is 1.26. The third kappa shape index (κ3) is 2.84. The first-order chi connectivity index (χ1) is 8.70. The smallest absolute Gasteiger partial charge is 0.266 e. The van der Waals surface area contributed by atoms with Crippen LogP contribution in [0.1, 0.15) is 24.2 Å². The summed E-state index contributed by atoms with van der Waals surface area (Å²) in [7, 11) is 0. The molecule has 0 fully saturated rings. The van der Waals surface area contributed by atoms with Crippen LogP contribution in [0.25, 0.3) is 0 Å². The molecule has 2 aromatic rings. The second-order valence-corrected chi connectivity index (χ2v) is 4.15. The number of aromatic nitrogens is 2. The van der Waals surface area contributed by atoms with E-state index in [0.717, 1.165) is 12.0 Å². The molecule has 0 spiro atoms. The first kappa shape index (κ1) is 12.5. The van der Waals surface area contributed by atoms with Crippen LogP contribution in [0.3, 0.4) is 0 Å². The fraction of sp³-hybridized carbons (Fsp3) is 0.286. The van der Waals surface area contributed by atoms with E-state index in [9.17, 15) is 9.90 Å². The average Bonchev–Trinajstić information content (AvgIpc) is 2.41. The molecule has 2 rings (SSSR count). The molecular formula is C14H16N2O2. The predicted molar refractivity (Wildman–Crippen MR) is 69.3 cm³/mol. The molecule has 1 N–H and O–H groups in total. The van der Waals surface area contributed by atoms with Crippen LogP contribution in [-0.2, 0) is 13.0 Å². The number of nitrogens with zero attached hydrogens (tertiary/aromatic N) is 2. The normalized spacial score (nSPS) is 12.3. The lowest BCUT2D eigenvalue weighted by Crippen LogP contribution is -2.24. The van der Waals surface area contributed by atoms with Gasteiger partial charge in [0, 0.05) is 12.3 Å². The van der Waals surface area contributed by atoms with E-state index >= 15 is 0 Å². The molecule has 0 radical (unpaired) electrons. The summed E-state index contributed by atoms with van der Waals surface area (Å²) in [5.74, 6) is 0. The van der Waals surface area contributed by atoms with Crippen LogP contribution in [0.15, 0.2) is 47.4 Å². The Kier molecular flexibility index (Phi) is 3.89. The molecule has 0 saturated carbocycles. The van der Waals surface area contributed by atoms with Crippen molar-refractivity contribution in [1.29, 1.82) is 0 Å². The number of aliphatic hydroxyl groups is 1. The van der Waals surface area contributed by atoms with Gasteiger partial charge in [0.05, 0.1) is 12.6 Å². The minimum atomic E-state index is -0.719. The van der Waals surface area contributed by atoms with Gasteiger partial charge in [-0.05, 0) is 23.6 Å². The van der Waals surface area contributed by atoms with Gasteiger partial charge in [-0.25, -0.2) is 4.68 Å². The third-order valence-corrected chi connectivity index (χ3v) is 2.90. The van der Waals surface area contributed by atoms with Crippen LogP contribution in [0, 0.1) is 0 Å². The first-order valence-electron chi connectivity index (χ1n) is 5.99. The fourth-order valence-electron chi connectivity index (χ4n) is 1.77. The monoisotopic (exact) mass is 244 g/mol. The molecule has 1 unspecified atom stereocenters. The van der Waals surface area contributed by atoms with Gasteiger partial charge in [0.1, 0.15) is 0 Å². The van der Waals surface area contributed by atoms with Gasteiger partial charge < -0.3 is 5.11 Å². The van der Waals surface area contributed by atoms with Crippen LogP contribution >= 0.6 is 0 Å². The summed E-state index contributed by atoms with van der Waals surface area (Å²) in [6.45, 7) is 2.25. The highest BCUT2D eigenvalue weighted by Gasteiger charge is 2.09. The SMILES string of the molecule is CCc1ccc(C(O)Cn2ncccc2=O)cc1. The Morgan fingerprint density at radius 2 is 2.00 bits per heavy atom. The van der Waals surface area contributed by atoms with Crippen molar-refractivity contribution in [3.05, 3.63) is 64.1 Å². The van der Waals surface area contributed by atoms with E-state index in [0.29, 0.717) is 0 Å². The maximum atomic E-state index is 11.5. The van der Waals surface area contributed by atoms with Crippen molar-refractivity contribution in [3.8, 4) is 0 Å². The lowest BCUT2D eigenvalue weighted by atomic mass is 10.1. The molecule has 18 heavy (non-hydrogen) atoms.